The van der Waals surface area contributed by atoms with Gasteiger partial charge >= 0.3 is 11.8 Å². The maximum atomic E-state index is 12.5. The Bertz CT molecular complexity index is 910. The average molecular weight is 428 g/mol. The summed E-state index contributed by atoms with van der Waals surface area (Å²) >= 11 is 0. The van der Waals surface area contributed by atoms with E-state index in [1.807, 2.05) is 42.5 Å². The van der Waals surface area contributed by atoms with E-state index >= 15 is 0 Å². The monoisotopic (exact) mass is 427 g/mol. The zero-order valence-electron chi connectivity index (χ0n) is 18.2. The molecule has 0 aromatic heterocycles. The van der Waals surface area contributed by atoms with Gasteiger partial charge in [0, 0.05) is 32.7 Å². The minimum Gasteiger partial charge on any atom is -0.495 e. The lowest BCUT2D eigenvalue weighted by molar-refractivity contribution is -0.146. The van der Waals surface area contributed by atoms with Gasteiger partial charge in [-0.1, -0.05) is 18.2 Å². The molecule has 1 fully saturated rings. The van der Waals surface area contributed by atoms with Crippen LogP contribution in [0.2, 0.25) is 0 Å². The summed E-state index contributed by atoms with van der Waals surface area (Å²) in [5.74, 6) is 1.02. The molecule has 8 nitrogen and oxygen atoms in total. The second-order valence-electron chi connectivity index (χ2n) is 7.15. The number of nitrogens with one attached hydrogen (secondary N) is 1. The molecule has 2 aromatic carbocycles. The molecule has 1 aliphatic rings. The van der Waals surface area contributed by atoms with Crippen molar-refractivity contribution in [3.8, 4) is 17.2 Å². The number of nitrogens with zero attached hydrogens (tertiary/aromatic N) is 2. The Kier molecular flexibility index (Phi) is 7.59. The molecule has 1 heterocycles. The molecule has 0 unspecified atom stereocenters. The van der Waals surface area contributed by atoms with Crippen molar-refractivity contribution in [1.29, 1.82) is 0 Å². The van der Waals surface area contributed by atoms with E-state index in [0.717, 1.165) is 17.0 Å². The van der Waals surface area contributed by atoms with E-state index in [1.54, 1.807) is 26.2 Å². The van der Waals surface area contributed by atoms with Crippen molar-refractivity contribution in [1.82, 2.24) is 10.2 Å². The van der Waals surface area contributed by atoms with Crippen LogP contribution in [-0.2, 0) is 16.0 Å². The molecule has 1 aliphatic heterocycles. The van der Waals surface area contributed by atoms with Crippen LogP contribution in [0.1, 0.15) is 5.56 Å². The van der Waals surface area contributed by atoms with Gasteiger partial charge in [0.2, 0.25) is 0 Å². The Balaban J connectivity index is 1.47. The van der Waals surface area contributed by atoms with Crippen molar-refractivity contribution >= 4 is 17.5 Å². The number of carbonyl (C=O) groups excluding carboxylic acids is 2. The van der Waals surface area contributed by atoms with Crippen LogP contribution in [0.25, 0.3) is 0 Å². The predicted octanol–water partition coefficient (Wildman–Crippen LogP) is 1.72. The van der Waals surface area contributed by atoms with Crippen LogP contribution in [0.15, 0.2) is 42.5 Å². The predicted molar refractivity (Wildman–Crippen MR) is 118 cm³/mol. The number of para-hydroxylation sites is 2. The molecule has 0 atom stereocenters. The first-order chi connectivity index (χ1) is 15.1. The second kappa shape index (κ2) is 10.6. The SMILES string of the molecule is COc1ccc(CCNC(=O)C(=O)N2CCN(c3ccccc3OC)CC2)cc1OC. The summed E-state index contributed by atoms with van der Waals surface area (Å²) in [6.07, 6.45) is 0.584. The van der Waals surface area contributed by atoms with Gasteiger partial charge in [0.15, 0.2) is 11.5 Å². The lowest BCUT2D eigenvalue weighted by atomic mass is 10.1. The van der Waals surface area contributed by atoms with Gasteiger partial charge in [0.05, 0.1) is 27.0 Å². The van der Waals surface area contributed by atoms with E-state index in [9.17, 15) is 9.59 Å². The average Bonchev–Trinajstić information content (AvgIpc) is 2.83. The third-order valence-corrected chi connectivity index (χ3v) is 5.33. The van der Waals surface area contributed by atoms with E-state index in [0.29, 0.717) is 50.6 Å². The van der Waals surface area contributed by atoms with E-state index in [1.165, 1.54) is 0 Å². The molecule has 0 bridgehead atoms. The fourth-order valence-electron chi connectivity index (χ4n) is 3.62. The molecule has 2 amide bonds. The summed E-state index contributed by atoms with van der Waals surface area (Å²) in [6.45, 7) is 2.62. The van der Waals surface area contributed by atoms with Crippen molar-refractivity contribution < 1.29 is 23.8 Å². The van der Waals surface area contributed by atoms with Crippen LogP contribution in [0.5, 0.6) is 17.2 Å². The summed E-state index contributed by atoms with van der Waals surface area (Å²) in [6, 6.07) is 13.4. The van der Waals surface area contributed by atoms with Gasteiger partial charge in [-0.3, -0.25) is 9.59 Å². The molecular weight excluding hydrogens is 398 g/mol. The molecule has 166 valence electrons. The summed E-state index contributed by atoms with van der Waals surface area (Å²) in [4.78, 5) is 28.6. The Labute approximate surface area is 182 Å². The highest BCUT2D eigenvalue weighted by Crippen LogP contribution is 2.29. The molecule has 2 aromatic rings. The van der Waals surface area contributed by atoms with Gasteiger partial charge in [-0.2, -0.15) is 0 Å². The van der Waals surface area contributed by atoms with Gasteiger partial charge in [0.1, 0.15) is 5.75 Å². The van der Waals surface area contributed by atoms with Crippen LogP contribution in [-0.4, -0.2) is 70.8 Å². The fourth-order valence-corrected chi connectivity index (χ4v) is 3.62. The zero-order valence-corrected chi connectivity index (χ0v) is 18.2. The number of benzene rings is 2. The smallest absolute Gasteiger partial charge is 0.312 e. The molecule has 1 saturated heterocycles. The number of methoxy groups -OCH3 is 3. The maximum absolute atomic E-state index is 12.5. The highest BCUT2D eigenvalue weighted by atomic mass is 16.5. The summed E-state index contributed by atoms with van der Waals surface area (Å²) in [7, 11) is 4.81. The van der Waals surface area contributed by atoms with Gasteiger partial charge < -0.3 is 29.3 Å². The van der Waals surface area contributed by atoms with Crippen LogP contribution in [0.4, 0.5) is 5.69 Å². The number of anilines is 1. The third kappa shape index (κ3) is 5.39. The first-order valence-corrected chi connectivity index (χ1v) is 10.2. The first kappa shape index (κ1) is 22.3. The highest BCUT2D eigenvalue weighted by molar-refractivity contribution is 6.35. The molecular formula is C23H29N3O5. The molecule has 0 aliphatic carbocycles. The van der Waals surface area contributed by atoms with Crippen LogP contribution >= 0.6 is 0 Å². The van der Waals surface area contributed by atoms with Crippen LogP contribution < -0.4 is 24.4 Å². The zero-order chi connectivity index (χ0) is 22.2. The summed E-state index contributed by atoms with van der Waals surface area (Å²) in [5, 5.41) is 2.72. The Hall–Kier alpha value is -3.42. The van der Waals surface area contributed by atoms with Crippen molar-refractivity contribution in [3.05, 3.63) is 48.0 Å². The maximum Gasteiger partial charge on any atom is 0.312 e. The van der Waals surface area contributed by atoms with Crippen molar-refractivity contribution in [3.63, 3.8) is 0 Å². The highest BCUT2D eigenvalue weighted by Gasteiger charge is 2.26. The Morgan fingerprint density at radius 2 is 1.55 bits per heavy atom. The van der Waals surface area contributed by atoms with Crippen molar-refractivity contribution in [2.45, 2.75) is 6.42 Å². The molecule has 0 radical (unpaired) electrons. The molecule has 1 N–H and O–H groups in total. The largest absolute Gasteiger partial charge is 0.495 e. The minimum absolute atomic E-state index is 0.362. The summed E-state index contributed by atoms with van der Waals surface area (Å²) < 4.78 is 15.9. The van der Waals surface area contributed by atoms with Gasteiger partial charge in [-0.25, -0.2) is 0 Å². The fraction of sp³-hybridized carbons (Fsp3) is 0.391. The van der Waals surface area contributed by atoms with Crippen molar-refractivity contribution in [2.24, 2.45) is 0 Å². The van der Waals surface area contributed by atoms with Crippen molar-refractivity contribution in [2.75, 3.05) is 59.0 Å². The van der Waals surface area contributed by atoms with Gasteiger partial charge in [-0.05, 0) is 36.2 Å². The molecule has 0 spiro atoms. The van der Waals surface area contributed by atoms with E-state index < -0.39 is 11.8 Å². The number of rotatable bonds is 7. The second-order valence-corrected chi connectivity index (χ2v) is 7.15. The lowest BCUT2D eigenvalue weighted by Gasteiger charge is -2.36. The Morgan fingerprint density at radius 3 is 2.23 bits per heavy atom. The van der Waals surface area contributed by atoms with Crippen LogP contribution in [0, 0.1) is 0 Å². The molecule has 3 rings (SSSR count). The van der Waals surface area contributed by atoms with Crippen LogP contribution in [0.3, 0.4) is 0 Å². The molecule has 0 saturated carbocycles. The van der Waals surface area contributed by atoms with Gasteiger partial charge in [-0.15, -0.1) is 0 Å². The number of hydrogen-bond donors (Lipinski definition) is 1. The lowest BCUT2D eigenvalue weighted by Crippen LogP contribution is -2.52. The van der Waals surface area contributed by atoms with E-state index in [2.05, 4.69) is 10.2 Å². The molecule has 8 heteroatoms. The first-order valence-electron chi connectivity index (χ1n) is 10.2. The minimum atomic E-state index is -0.578. The molecule has 31 heavy (non-hydrogen) atoms. The third-order valence-electron chi connectivity index (χ3n) is 5.33. The standard InChI is InChI=1S/C23H29N3O5/c1-29-19-7-5-4-6-18(19)25-12-14-26(15-13-25)23(28)22(27)24-11-10-17-8-9-20(30-2)21(16-17)31-3/h4-9,16H,10-15H2,1-3H3,(H,24,27). The normalized spacial score (nSPS) is 13.5. The quantitative estimate of drug-likeness (QED) is 0.678. The van der Waals surface area contributed by atoms with E-state index in [4.69, 9.17) is 14.2 Å². The summed E-state index contributed by atoms with van der Waals surface area (Å²) in [5.41, 5.74) is 1.98. The number of piperazine rings is 1. The number of amides is 2. The number of carbonyl (C=O) groups is 2. The topological polar surface area (TPSA) is 80.3 Å². The van der Waals surface area contributed by atoms with E-state index in [-0.39, 0.29) is 0 Å². The Morgan fingerprint density at radius 1 is 0.871 bits per heavy atom. The number of ether oxygens (including phenoxy) is 3. The number of hydrogen-bond acceptors (Lipinski definition) is 6. The van der Waals surface area contributed by atoms with Gasteiger partial charge in [0.25, 0.3) is 0 Å².